The maximum Gasteiger partial charge on any atom is 0.310 e. The highest BCUT2D eigenvalue weighted by Gasteiger charge is 2.27. The summed E-state index contributed by atoms with van der Waals surface area (Å²) in [7, 11) is 1.36. The first-order valence-electron chi connectivity index (χ1n) is 9.46. The third-order valence-corrected chi connectivity index (χ3v) is 4.89. The lowest BCUT2D eigenvalue weighted by atomic mass is 10.0. The van der Waals surface area contributed by atoms with Gasteiger partial charge in [0.1, 0.15) is 5.75 Å². The smallest absolute Gasteiger partial charge is 0.310 e. The van der Waals surface area contributed by atoms with Crippen LogP contribution in [0, 0.1) is 19.8 Å². The average molecular weight is 383 g/mol. The van der Waals surface area contributed by atoms with Gasteiger partial charge in [-0.2, -0.15) is 0 Å². The molecule has 5 nitrogen and oxygen atoms in total. The third kappa shape index (κ3) is 5.35. The van der Waals surface area contributed by atoms with E-state index in [1.165, 1.54) is 7.11 Å². The molecule has 0 spiro atoms. The monoisotopic (exact) mass is 383 g/mol. The van der Waals surface area contributed by atoms with Crippen LogP contribution in [0.3, 0.4) is 0 Å². The van der Waals surface area contributed by atoms with Crippen molar-refractivity contribution in [3.05, 3.63) is 65.2 Å². The molecule has 0 N–H and O–H groups in total. The molecule has 0 aliphatic carbocycles. The van der Waals surface area contributed by atoms with Gasteiger partial charge >= 0.3 is 5.97 Å². The van der Waals surface area contributed by atoms with E-state index in [1.807, 2.05) is 69.3 Å². The number of rotatable bonds is 8. The predicted molar refractivity (Wildman–Crippen MR) is 109 cm³/mol. The SMILES string of the molecule is COC(=O)C(C)CN(C(=O)COc1c(C)cccc1C)C(C)c1ccccc1. The molecular weight excluding hydrogens is 354 g/mol. The Balaban J connectivity index is 2.19. The molecule has 0 saturated carbocycles. The van der Waals surface area contributed by atoms with Crippen molar-refractivity contribution in [2.75, 3.05) is 20.3 Å². The number of methoxy groups -OCH3 is 1. The van der Waals surface area contributed by atoms with Crippen LogP contribution in [0.5, 0.6) is 5.75 Å². The maximum absolute atomic E-state index is 13.0. The summed E-state index contributed by atoms with van der Waals surface area (Å²) in [6.07, 6.45) is 0. The van der Waals surface area contributed by atoms with Gasteiger partial charge in [-0.05, 0) is 37.5 Å². The summed E-state index contributed by atoms with van der Waals surface area (Å²) < 4.78 is 10.7. The van der Waals surface area contributed by atoms with Gasteiger partial charge in [-0.25, -0.2) is 0 Å². The van der Waals surface area contributed by atoms with E-state index in [0.29, 0.717) is 0 Å². The first-order valence-corrected chi connectivity index (χ1v) is 9.46. The lowest BCUT2D eigenvalue weighted by Gasteiger charge is -2.31. The Labute approximate surface area is 167 Å². The van der Waals surface area contributed by atoms with E-state index in [-0.39, 0.29) is 31.1 Å². The molecule has 28 heavy (non-hydrogen) atoms. The van der Waals surface area contributed by atoms with Gasteiger partial charge < -0.3 is 14.4 Å². The number of carbonyl (C=O) groups excluding carboxylic acids is 2. The minimum absolute atomic E-state index is 0.0865. The largest absolute Gasteiger partial charge is 0.483 e. The molecule has 5 heteroatoms. The lowest BCUT2D eigenvalue weighted by molar-refractivity contribution is -0.147. The van der Waals surface area contributed by atoms with Crippen LogP contribution in [0.4, 0.5) is 0 Å². The van der Waals surface area contributed by atoms with Crippen molar-refractivity contribution >= 4 is 11.9 Å². The zero-order valence-electron chi connectivity index (χ0n) is 17.3. The van der Waals surface area contributed by atoms with E-state index in [4.69, 9.17) is 9.47 Å². The number of carbonyl (C=O) groups is 2. The van der Waals surface area contributed by atoms with Crippen LogP contribution in [0.15, 0.2) is 48.5 Å². The van der Waals surface area contributed by atoms with Crippen molar-refractivity contribution in [2.45, 2.75) is 33.7 Å². The van der Waals surface area contributed by atoms with Crippen LogP contribution in [-0.2, 0) is 14.3 Å². The molecule has 0 aliphatic heterocycles. The quantitative estimate of drug-likeness (QED) is 0.645. The summed E-state index contributed by atoms with van der Waals surface area (Å²) in [5.74, 6) is -0.215. The number of hydrogen-bond acceptors (Lipinski definition) is 4. The fourth-order valence-corrected chi connectivity index (χ4v) is 3.20. The van der Waals surface area contributed by atoms with Crippen LogP contribution >= 0.6 is 0 Å². The molecule has 2 aromatic rings. The molecule has 0 radical (unpaired) electrons. The van der Waals surface area contributed by atoms with Crippen molar-refractivity contribution in [1.29, 1.82) is 0 Å². The van der Waals surface area contributed by atoms with Gasteiger partial charge in [-0.1, -0.05) is 55.5 Å². The van der Waals surface area contributed by atoms with Crippen LogP contribution in [-0.4, -0.2) is 37.0 Å². The van der Waals surface area contributed by atoms with Crippen LogP contribution < -0.4 is 4.74 Å². The highest BCUT2D eigenvalue weighted by atomic mass is 16.5. The lowest BCUT2D eigenvalue weighted by Crippen LogP contribution is -2.41. The number of benzene rings is 2. The Morgan fingerprint density at radius 3 is 2.14 bits per heavy atom. The van der Waals surface area contributed by atoms with E-state index >= 15 is 0 Å². The summed E-state index contributed by atoms with van der Waals surface area (Å²) in [6.45, 7) is 7.80. The minimum Gasteiger partial charge on any atom is -0.483 e. The van der Waals surface area contributed by atoms with Crippen LogP contribution in [0.1, 0.15) is 36.6 Å². The third-order valence-electron chi connectivity index (χ3n) is 4.89. The molecule has 2 rings (SSSR count). The van der Waals surface area contributed by atoms with Gasteiger partial charge in [0.05, 0.1) is 19.1 Å². The van der Waals surface area contributed by atoms with E-state index in [0.717, 1.165) is 22.4 Å². The number of ether oxygens (including phenoxy) is 2. The van der Waals surface area contributed by atoms with Crippen molar-refractivity contribution in [3.8, 4) is 5.75 Å². The normalized spacial score (nSPS) is 12.8. The zero-order valence-corrected chi connectivity index (χ0v) is 17.3. The number of amides is 1. The minimum atomic E-state index is -0.430. The Morgan fingerprint density at radius 2 is 1.57 bits per heavy atom. The summed E-state index contributed by atoms with van der Waals surface area (Å²) in [5, 5.41) is 0. The number of hydrogen-bond donors (Lipinski definition) is 0. The van der Waals surface area contributed by atoms with Gasteiger partial charge in [0, 0.05) is 6.54 Å². The van der Waals surface area contributed by atoms with E-state index in [1.54, 1.807) is 11.8 Å². The van der Waals surface area contributed by atoms with Crippen LogP contribution in [0.2, 0.25) is 0 Å². The van der Waals surface area contributed by atoms with E-state index in [9.17, 15) is 9.59 Å². The molecule has 0 aromatic heterocycles. The second kappa shape index (κ2) is 9.93. The van der Waals surface area contributed by atoms with Crippen LogP contribution in [0.25, 0.3) is 0 Å². The summed E-state index contributed by atoms with van der Waals surface area (Å²) >= 11 is 0. The van der Waals surface area contributed by atoms with Gasteiger partial charge in [0.2, 0.25) is 0 Å². The average Bonchev–Trinajstić information content (AvgIpc) is 2.70. The first-order chi connectivity index (χ1) is 13.3. The standard InChI is InChI=1S/C23H29NO4/c1-16-10-9-11-17(2)22(16)28-15-21(25)24(14-18(3)23(26)27-5)19(4)20-12-7-6-8-13-20/h6-13,18-19H,14-15H2,1-5H3. The molecule has 2 unspecified atom stereocenters. The summed E-state index contributed by atoms with van der Waals surface area (Å²) in [5.41, 5.74) is 2.97. The Bertz CT molecular complexity index is 783. The first kappa shape index (κ1) is 21.5. The molecule has 2 aromatic carbocycles. The Morgan fingerprint density at radius 1 is 0.964 bits per heavy atom. The van der Waals surface area contributed by atoms with Crippen molar-refractivity contribution in [3.63, 3.8) is 0 Å². The molecular formula is C23H29NO4. The highest BCUT2D eigenvalue weighted by Crippen LogP contribution is 2.24. The summed E-state index contributed by atoms with van der Waals surface area (Å²) in [6, 6.07) is 15.4. The van der Waals surface area contributed by atoms with E-state index in [2.05, 4.69) is 0 Å². The number of para-hydroxylation sites is 1. The molecule has 1 amide bonds. The van der Waals surface area contributed by atoms with Gasteiger partial charge in [-0.15, -0.1) is 0 Å². The Hall–Kier alpha value is -2.82. The van der Waals surface area contributed by atoms with Crippen molar-refractivity contribution in [2.24, 2.45) is 5.92 Å². The van der Waals surface area contributed by atoms with Gasteiger partial charge in [0.15, 0.2) is 6.61 Å². The maximum atomic E-state index is 13.0. The molecule has 0 heterocycles. The van der Waals surface area contributed by atoms with Crippen molar-refractivity contribution in [1.82, 2.24) is 4.90 Å². The highest BCUT2D eigenvalue weighted by molar-refractivity contribution is 5.79. The van der Waals surface area contributed by atoms with Gasteiger partial charge in [-0.3, -0.25) is 9.59 Å². The fraction of sp³-hybridized carbons (Fsp3) is 0.391. The zero-order chi connectivity index (χ0) is 20.7. The summed E-state index contributed by atoms with van der Waals surface area (Å²) in [4.78, 5) is 26.6. The van der Waals surface area contributed by atoms with Crippen molar-refractivity contribution < 1.29 is 19.1 Å². The second-order valence-electron chi connectivity index (χ2n) is 7.07. The predicted octanol–water partition coefficient (Wildman–Crippen LogP) is 4.08. The molecule has 0 fully saturated rings. The second-order valence-corrected chi connectivity index (χ2v) is 7.07. The molecule has 150 valence electrons. The molecule has 0 bridgehead atoms. The topological polar surface area (TPSA) is 55.8 Å². The van der Waals surface area contributed by atoms with E-state index < -0.39 is 5.92 Å². The van der Waals surface area contributed by atoms with Gasteiger partial charge in [0.25, 0.3) is 5.91 Å². The molecule has 0 saturated heterocycles. The molecule has 0 aliphatic rings. The fourth-order valence-electron chi connectivity index (χ4n) is 3.20. The Kier molecular flexibility index (Phi) is 7.61. The number of nitrogens with zero attached hydrogens (tertiary/aromatic N) is 1. The number of esters is 1. The molecule has 2 atom stereocenters. The number of aryl methyl sites for hydroxylation is 2.